The Morgan fingerprint density at radius 1 is 1.32 bits per heavy atom. The highest BCUT2D eigenvalue weighted by Gasteiger charge is 2.43. The van der Waals surface area contributed by atoms with E-state index in [1.165, 1.54) is 0 Å². The largest absolute Gasteiger partial charge is 0.343 e. The highest BCUT2D eigenvalue weighted by Crippen LogP contribution is 2.36. The summed E-state index contributed by atoms with van der Waals surface area (Å²) in [5.74, 6) is 0.391. The minimum absolute atomic E-state index is 0.0736. The number of hydrogen-bond acceptors (Lipinski definition) is 5. The Morgan fingerprint density at radius 2 is 2.11 bits per heavy atom. The number of benzene rings is 1. The fraction of sp³-hybridized carbons (Fsp3) is 0.500. The van der Waals surface area contributed by atoms with Gasteiger partial charge in [-0.25, -0.2) is 0 Å². The minimum atomic E-state index is -0.611. The molecule has 2 aliphatic rings. The number of hydrogen-bond donors (Lipinski definition) is 1. The number of aryl methyl sites for hydroxylation is 1. The molecule has 1 saturated carbocycles. The van der Waals surface area contributed by atoms with E-state index in [1.807, 2.05) is 6.07 Å². The molecule has 0 spiro atoms. The second-order valence-electron chi connectivity index (χ2n) is 7.65. The van der Waals surface area contributed by atoms with E-state index < -0.39 is 11.5 Å². The fourth-order valence-corrected chi connectivity index (χ4v) is 4.35. The van der Waals surface area contributed by atoms with Crippen molar-refractivity contribution in [3.63, 3.8) is 0 Å². The van der Waals surface area contributed by atoms with E-state index in [1.54, 1.807) is 30.0 Å². The predicted molar refractivity (Wildman–Crippen MR) is 104 cm³/mol. The Kier molecular flexibility index (Phi) is 5.10. The van der Waals surface area contributed by atoms with Gasteiger partial charge >= 0.3 is 0 Å². The normalized spacial score (nSPS) is 21.7. The second-order valence-corrected chi connectivity index (χ2v) is 8.09. The zero-order valence-electron chi connectivity index (χ0n) is 15.8. The van der Waals surface area contributed by atoms with E-state index in [-0.39, 0.29) is 18.2 Å². The summed E-state index contributed by atoms with van der Waals surface area (Å²) in [6, 6.07) is 7.13. The van der Waals surface area contributed by atoms with Crippen molar-refractivity contribution in [2.75, 3.05) is 11.4 Å². The van der Waals surface area contributed by atoms with Crippen molar-refractivity contribution in [1.82, 2.24) is 15.5 Å². The number of rotatable bonds is 4. The van der Waals surface area contributed by atoms with Crippen LogP contribution in [0.4, 0.5) is 5.69 Å². The van der Waals surface area contributed by atoms with Gasteiger partial charge in [-0.05, 0) is 31.0 Å². The van der Waals surface area contributed by atoms with Crippen LogP contribution in [0.3, 0.4) is 0 Å². The molecule has 2 fully saturated rings. The van der Waals surface area contributed by atoms with E-state index in [9.17, 15) is 9.59 Å². The van der Waals surface area contributed by atoms with Gasteiger partial charge in [0.1, 0.15) is 5.54 Å². The monoisotopic (exact) mass is 402 g/mol. The summed E-state index contributed by atoms with van der Waals surface area (Å²) < 4.78 is 5.17. The fourth-order valence-electron chi connectivity index (χ4n) is 4.17. The quantitative estimate of drug-likeness (QED) is 0.847. The summed E-state index contributed by atoms with van der Waals surface area (Å²) in [6.07, 6.45) is 4.84. The van der Waals surface area contributed by atoms with E-state index >= 15 is 0 Å². The number of nitrogens with one attached hydrogen (secondary N) is 1. The van der Waals surface area contributed by atoms with Gasteiger partial charge in [-0.3, -0.25) is 9.59 Å². The number of amides is 2. The first-order valence-electron chi connectivity index (χ1n) is 9.66. The molecule has 2 heterocycles. The summed E-state index contributed by atoms with van der Waals surface area (Å²) in [7, 11) is 0. The van der Waals surface area contributed by atoms with Crippen LogP contribution >= 0.6 is 11.6 Å². The number of halogens is 1. The highest BCUT2D eigenvalue weighted by molar-refractivity contribution is 6.31. The van der Waals surface area contributed by atoms with Crippen molar-refractivity contribution in [3.05, 3.63) is 41.0 Å². The summed E-state index contributed by atoms with van der Waals surface area (Å²) in [4.78, 5) is 31.6. The lowest BCUT2D eigenvalue weighted by Gasteiger charge is -2.36. The molecular weight excluding hydrogens is 380 g/mol. The molecule has 1 aliphatic heterocycles. The third kappa shape index (κ3) is 3.63. The van der Waals surface area contributed by atoms with Crippen molar-refractivity contribution in [2.24, 2.45) is 5.92 Å². The molecule has 1 aliphatic carbocycles. The van der Waals surface area contributed by atoms with E-state index in [0.717, 1.165) is 32.1 Å². The molecule has 1 atom stereocenters. The molecule has 1 aromatic carbocycles. The third-order valence-electron chi connectivity index (χ3n) is 5.64. The smallest absolute Gasteiger partial charge is 0.227 e. The van der Waals surface area contributed by atoms with Gasteiger partial charge in [0, 0.05) is 30.6 Å². The standard InChI is InChI=1S/C20H23ClN4O3/c1-13-22-19(24-28-13)20(8-3-2-4-9-20)23-18(27)14-10-17(26)25(12-14)16-7-5-6-15(21)11-16/h5-7,11,14H,2-4,8-10,12H2,1H3,(H,23,27). The van der Waals surface area contributed by atoms with Crippen molar-refractivity contribution >= 4 is 29.1 Å². The lowest BCUT2D eigenvalue weighted by Crippen LogP contribution is -2.50. The molecule has 0 bridgehead atoms. The van der Waals surface area contributed by atoms with Crippen LogP contribution in [0.2, 0.25) is 5.02 Å². The molecule has 2 aromatic rings. The third-order valence-corrected chi connectivity index (χ3v) is 5.88. The first-order valence-corrected chi connectivity index (χ1v) is 10.0. The number of carbonyl (C=O) groups is 2. The van der Waals surface area contributed by atoms with Crippen LogP contribution in [-0.2, 0) is 15.1 Å². The molecule has 148 valence electrons. The van der Waals surface area contributed by atoms with Gasteiger partial charge in [-0.15, -0.1) is 0 Å². The van der Waals surface area contributed by atoms with Gasteiger partial charge in [0.15, 0.2) is 5.82 Å². The van der Waals surface area contributed by atoms with Crippen LogP contribution in [0, 0.1) is 12.8 Å². The molecule has 0 radical (unpaired) electrons. The predicted octanol–water partition coefficient (Wildman–Crippen LogP) is 3.36. The molecule has 28 heavy (non-hydrogen) atoms. The van der Waals surface area contributed by atoms with E-state index in [2.05, 4.69) is 15.5 Å². The first-order chi connectivity index (χ1) is 13.5. The maximum Gasteiger partial charge on any atom is 0.227 e. The van der Waals surface area contributed by atoms with Crippen LogP contribution in [0.15, 0.2) is 28.8 Å². The number of carbonyl (C=O) groups excluding carboxylic acids is 2. The van der Waals surface area contributed by atoms with Gasteiger partial charge in [-0.1, -0.05) is 42.1 Å². The van der Waals surface area contributed by atoms with Crippen LogP contribution in [0.1, 0.15) is 50.2 Å². The summed E-state index contributed by atoms with van der Waals surface area (Å²) >= 11 is 6.05. The molecule has 1 unspecified atom stereocenters. The van der Waals surface area contributed by atoms with E-state index in [4.69, 9.17) is 16.1 Å². The summed E-state index contributed by atoms with van der Waals surface area (Å²) in [6.45, 7) is 2.08. The van der Waals surface area contributed by atoms with Crippen molar-refractivity contribution in [1.29, 1.82) is 0 Å². The number of nitrogens with zero attached hydrogens (tertiary/aromatic N) is 3. The van der Waals surface area contributed by atoms with Crippen LogP contribution in [0.25, 0.3) is 0 Å². The first kappa shape index (κ1) is 18.9. The Hall–Kier alpha value is -2.41. The van der Waals surface area contributed by atoms with Crippen LogP contribution in [0.5, 0.6) is 0 Å². The van der Waals surface area contributed by atoms with Gasteiger partial charge in [0.25, 0.3) is 0 Å². The SMILES string of the molecule is Cc1nc(C2(NC(=O)C3CC(=O)N(c4cccc(Cl)c4)C3)CCCCC2)no1. The Labute approximate surface area is 168 Å². The van der Waals surface area contributed by atoms with E-state index in [0.29, 0.717) is 29.0 Å². The zero-order chi connectivity index (χ0) is 19.7. The van der Waals surface area contributed by atoms with Gasteiger partial charge in [-0.2, -0.15) is 4.98 Å². The molecule has 4 rings (SSSR count). The summed E-state index contributed by atoms with van der Waals surface area (Å²) in [5.41, 5.74) is 0.105. The van der Waals surface area contributed by atoms with Gasteiger partial charge in [0.05, 0.1) is 5.92 Å². The van der Waals surface area contributed by atoms with Crippen molar-refractivity contribution in [2.45, 2.75) is 51.0 Å². The maximum absolute atomic E-state index is 13.1. The van der Waals surface area contributed by atoms with Crippen LogP contribution < -0.4 is 10.2 Å². The van der Waals surface area contributed by atoms with Crippen molar-refractivity contribution in [3.8, 4) is 0 Å². The van der Waals surface area contributed by atoms with Gasteiger partial charge in [0.2, 0.25) is 17.7 Å². The Morgan fingerprint density at radius 3 is 2.79 bits per heavy atom. The zero-order valence-corrected chi connectivity index (χ0v) is 16.5. The molecule has 2 amide bonds. The lowest BCUT2D eigenvalue weighted by atomic mass is 9.80. The Bertz CT molecular complexity index is 891. The molecular formula is C20H23ClN4O3. The van der Waals surface area contributed by atoms with Crippen LogP contribution in [-0.4, -0.2) is 28.5 Å². The average Bonchev–Trinajstić information content (AvgIpc) is 3.29. The molecule has 1 N–H and O–H groups in total. The molecule has 1 saturated heterocycles. The average molecular weight is 403 g/mol. The van der Waals surface area contributed by atoms with Crippen molar-refractivity contribution < 1.29 is 14.1 Å². The topological polar surface area (TPSA) is 88.3 Å². The second kappa shape index (κ2) is 7.54. The molecule has 7 nitrogen and oxygen atoms in total. The maximum atomic E-state index is 13.1. The Balaban J connectivity index is 1.51. The minimum Gasteiger partial charge on any atom is -0.343 e. The van der Waals surface area contributed by atoms with Gasteiger partial charge < -0.3 is 14.7 Å². The molecule has 8 heteroatoms. The number of anilines is 1. The number of aromatic nitrogens is 2. The lowest BCUT2D eigenvalue weighted by molar-refractivity contribution is -0.128. The molecule has 1 aromatic heterocycles. The summed E-state index contributed by atoms with van der Waals surface area (Å²) in [5, 5.41) is 7.83. The highest BCUT2D eigenvalue weighted by atomic mass is 35.5.